The summed E-state index contributed by atoms with van der Waals surface area (Å²) in [6.07, 6.45) is -0.345. The molecule has 35 heavy (non-hydrogen) atoms. The van der Waals surface area contributed by atoms with E-state index in [4.69, 9.17) is 15.2 Å². The molecule has 2 aromatic carbocycles. The molecule has 3 aromatic rings. The van der Waals surface area contributed by atoms with Gasteiger partial charge in [-0.25, -0.2) is 18.2 Å². The maximum atomic E-state index is 13.2. The normalized spacial score (nSPS) is 14.3. The van der Waals surface area contributed by atoms with Crippen molar-refractivity contribution >= 4 is 38.9 Å². The molecule has 3 rings (SSSR count). The highest BCUT2D eigenvalue weighted by molar-refractivity contribution is 8.01. The fourth-order valence-corrected chi connectivity index (χ4v) is 6.34. The first-order valence-corrected chi connectivity index (χ1v) is 13.8. The van der Waals surface area contributed by atoms with Crippen molar-refractivity contribution in [1.82, 2.24) is 4.98 Å². The van der Waals surface area contributed by atoms with Gasteiger partial charge in [0.2, 0.25) is 14.7 Å². The van der Waals surface area contributed by atoms with Gasteiger partial charge in [-0.1, -0.05) is 36.0 Å². The maximum Gasteiger partial charge on any atom is 0.340 e. The second-order valence-electron chi connectivity index (χ2n) is 7.56. The minimum Gasteiger partial charge on any atom is -0.491 e. The summed E-state index contributed by atoms with van der Waals surface area (Å²) in [7, 11) is -2.93. The van der Waals surface area contributed by atoms with Gasteiger partial charge in [0.05, 0.1) is 17.6 Å². The van der Waals surface area contributed by atoms with Crippen molar-refractivity contribution in [1.29, 1.82) is 0 Å². The number of nitrogens with two attached hydrogens (primary N) is 1. The summed E-state index contributed by atoms with van der Waals surface area (Å²) >= 11 is 2.56. The highest BCUT2D eigenvalue weighted by atomic mass is 32.2. The molecule has 188 valence electrons. The molecule has 0 radical (unpaired) electrons. The molecular formula is C23H26N2O7S3. The van der Waals surface area contributed by atoms with Crippen LogP contribution in [0.15, 0.2) is 69.3 Å². The number of thiazole rings is 1. The monoisotopic (exact) mass is 538 g/mol. The average molecular weight is 539 g/mol. The number of hydrogen-bond donors (Lipinski definition) is 3. The largest absolute Gasteiger partial charge is 0.491 e. The van der Waals surface area contributed by atoms with Gasteiger partial charge >= 0.3 is 5.97 Å². The summed E-state index contributed by atoms with van der Waals surface area (Å²) in [5.41, 5.74) is 7.47. The molecule has 0 bridgehead atoms. The number of thioether (sulfide) groups is 1. The SMILES string of the molecule is COCCOc1ccc(-c2ccc(S(=O)(=O)C(N)(CC(O)CSc3nccs3)C(=O)O)cc2)cc1. The van der Waals surface area contributed by atoms with Crippen LogP contribution >= 0.6 is 23.1 Å². The molecule has 0 saturated heterocycles. The number of nitrogens with zero attached hydrogens (tertiary/aromatic N) is 1. The van der Waals surface area contributed by atoms with E-state index in [0.717, 1.165) is 11.1 Å². The van der Waals surface area contributed by atoms with Crippen molar-refractivity contribution in [2.24, 2.45) is 5.73 Å². The van der Waals surface area contributed by atoms with E-state index < -0.39 is 33.2 Å². The summed E-state index contributed by atoms with van der Waals surface area (Å²) in [6, 6.07) is 13.0. The van der Waals surface area contributed by atoms with E-state index in [1.54, 1.807) is 43.0 Å². The number of aliphatic hydroxyl groups excluding tert-OH is 1. The number of carboxylic acids is 1. The van der Waals surface area contributed by atoms with Crippen LogP contribution in [-0.4, -0.2) is 66.6 Å². The van der Waals surface area contributed by atoms with Crippen LogP contribution in [-0.2, 0) is 19.4 Å². The first-order valence-electron chi connectivity index (χ1n) is 10.5. The Morgan fingerprint density at radius 2 is 1.77 bits per heavy atom. The summed E-state index contributed by atoms with van der Waals surface area (Å²) in [4.78, 5) is 13.1. The molecule has 0 amide bonds. The van der Waals surface area contributed by atoms with E-state index >= 15 is 0 Å². The van der Waals surface area contributed by atoms with Gasteiger partial charge in [-0.2, -0.15) is 0 Å². The zero-order valence-electron chi connectivity index (χ0n) is 18.9. The van der Waals surface area contributed by atoms with Gasteiger partial charge in [-0.15, -0.1) is 11.3 Å². The number of methoxy groups -OCH3 is 1. The standard InChI is InChI=1S/C23H26N2O7S3/c1-31-11-12-32-19-6-2-16(3-7-19)17-4-8-20(9-5-17)35(29,30)23(24,21(27)28)14-18(26)15-34-22-25-10-13-33-22/h2-10,13,18,26H,11-12,14-15,24H2,1H3,(H,27,28). The summed E-state index contributed by atoms with van der Waals surface area (Å²) < 4.78 is 37.6. The lowest BCUT2D eigenvalue weighted by Gasteiger charge is -2.27. The van der Waals surface area contributed by atoms with Gasteiger partial charge in [0.1, 0.15) is 16.7 Å². The molecule has 0 saturated carbocycles. The zero-order valence-corrected chi connectivity index (χ0v) is 21.3. The Hall–Kier alpha value is -2.48. The van der Waals surface area contributed by atoms with Gasteiger partial charge < -0.3 is 25.4 Å². The van der Waals surface area contributed by atoms with Crippen LogP contribution < -0.4 is 10.5 Å². The average Bonchev–Trinajstić information content (AvgIpc) is 3.37. The molecule has 4 N–H and O–H groups in total. The number of aromatic nitrogens is 1. The fraction of sp³-hybridized carbons (Fsp3) is 0.304. The molecule has 9 nitrogen and oxygen atoms in total. The van der Waals surface area contributed by atoms with Crippen molar-refractivity contribution in [2.45, 2.75) is 26.6 Å². The number of hydrogen-bond acceptors (Lipinski definition) is 10. The number of sulfone groups is 1. The first-order chi connectivity index (χ1) is 16.7. The second-order valence-corrected chi connectivity index (χ2v) is 11.9. The molecule has 0 aliphatic carbocycles. The van der Waals surface area contributed by atoms with Crippen molar-refractivity contribution in [3.05, 3.63) is 60.1 Å². The molecule has 0 spiro atoms. The number of rotatable bonds is 13. The fourth-order valence-electron chi connectivity index (χ4n) is 3.19. The zero-order chi connectivity index (χ0) is 25.5. The Balaban J connectivity index is 1.74. The third-order valence-corrected chi connectivity index (χ3v) is 9.40. The van der Waals surface area contributed by atoms with Gasteiger partial charge in [0.25, 0.3) is 0 Å². The maximum absolute atomic E-state index is 13.2. The number of carboxylic acid groups (broad SMARTS) is 1. The third-order valence-electron chi connectivity index (χ3n) is 5.10. The third kappa shape index (κ3) is 6.60. The second kappa shape index (κ2) is 12.0. The van der Waals surface area contributed by atoms with E-state index in [9.17, 15) is 23.4 Å². The number of aliphatic carboxylic acids is 1. The molecule has 0 aliphatic heterocycles. The number of benzene rings is 2. The summed E-state index contributed by atoms with van der Waals surface area (Å²) in [6.45, 7) is 0.892. The van der Waals surface area contributed by atoms with Crippen LogP contribution in [0.4, 0.5) is 0 Å². The van der Waals surface area contributed by atoms with Crippen molar-refractivity contribution in [3.63, 3.8) is 0 Å². The van der Waals surface area contributed by atoms with Crippen LogP contribution in [0.3, 0.4) is 0 Å². The van der Waals surface area contributed by atoms with Gasteiger partial charge in [-0.05, 0) is 35.4 Å². The van der Waals surface area contributed by atoms with Crippen LogP contribution in [0.1, 0.15) is 6.42 Å². The quantitative estimate of drug-likeness (QED) is 0.219. The predicted octanol–water partition coefficient (Wildman–Crippen LogP) is 2.89. The lowest BCUT2D eigenvalue weighted by molar-refractivity contribution is -0.140. The van der Waals surface area contributed by atoms with Crippen LogP contribution in [0.2, 0.25) is 0 Å². The minimum absolute atomic E-state index is 0.0549. The van der Waals surface area contributed by atoms with E-state index in [1.807, 2.05) is 12.1 Å². The molecule has 12 heteroatoms. The summed E-state index contributed by atoms with van der Waals surface area (Å²) in [5, 5.41) is 21.8. The van der Waals surface area contributed by atoms with Crippen LogP contribution in [0, 0.1) is 0 Å². The predicted molar refractivity (Wildman–Crippen MR) is 134 cm³/mol. The van der Waals surface area contributed by atoms with Gasteiger partial charge in [0, 0.05) is 30.9 Å². The molecular weight excluding hydrogens is 512 g/mol. The minimum atomic E-state index is -4.52. The van der Waals surface area contributed by atoms with E-state index in [0.29, 0.717) is 23.3 Å². The van der Waals surface area contributed by atoms with Gasteiger partial charge in [-0.3, -0.25) is 0 Å². The highest BCUT2D eigenvalue weighted by Crippen LogP contribution is 2.31. The van der Waals surface area contributed by atoms with Crippen molar-refractivity contribution in [2.75, 3.05) is 26.1 Å². The van der Waals surface area contributed by atoms with Crippen molar-refractivity contribution in [3.8, 4) is 16.9 Å². The summed E-state index contributed by atoms with van der Waals surface area (Å²) in [5.74, 6) is -1.01. The van der Waals surface area contributed by atoms with Crippen molar-refractivity contribution < 1.29 is 32.9 Å². The smallest absolute Gasteiger partial charge is 0.340 e. The Bertz CT molecular complexity index is 1200. The van der Waals surface area contributed by atoms with E-state index in [2.05, 4.69) is 4.98 Å². The molecule has 1 heterocycles. The Morgan fingerprint density at radius 1 is 1.14 bits per heavy atom. The molecule has 1 aromatic heterocycles. The molecule has 0 aliphatic rings. The number of aliphatic hydroxyl groups is 1. The molecule has 0 fully saturated rings. The first kappa shape index (κ1) is 27.1. The van der Waals surface area contributed by atoms with E-state index in [-0.39, 0.29) is 10.6 Å². The van der Waals surface area contributed by atoms with Crippen LogP contribution in [0.5, 0.6) is 5.75 Å². The molecule has 2 unspecified atom stereocenters. The Morgan fingerprint density at radius 3 is 2.31 bits per heavy atom. The lowest BCUT2D eigenvalue weighted by atomic mass is 10.1. The van der Waals surface area contributed by atoms with Crippen LogP contribution in [0.25, 0.3) is 11.1 Å². The Labute approximate surface area is 211 Å². The van der Waals surface area contributed by atoms with Gasteiger partial charge in [0.15, 0.2) is 0 Å². The number of carbonyl (C=O) groups is 1. The molecule has 2 atom stereocenters. The highest BCUT2D eigenvalue weighted by Gasteiger charge is 2.49. The number of ether oxygens (including phenoxy) is 2. The van der Waals surface area contributed by atoms with E-state index in [1.165, 1.54) is 35.2 Å². The topological polar surface area (TPSA) is 149 Å². The lowest BCUT2D eigenvalue weighted by Crippen LogP contribution is -2.56. The Kier molecular flexibility index (Phi) is 9.27.